The van der Waals surface area contributed by atoms with Crippen molar-refractivity contribution >= 4 is 17.3 Å². The van der Waals surface area contributed by atoms with Gasteiger partial charge in [0, 0.05) is 23.2 Å². The molecular formula is C10H14ClN3O. The molecule has 3 N–H and O–H groups in total. The summed E-state index contributed by atoms with van der Waals surface area (Å²) < 4.78 is 0. The van der Waals surface area contributed by atoms with E-state index in [1.165, 1.54) is 0 Å². The Morgan fingerprint density at radius 2 is 2.47 bits per heavy atom. The van der Waals surface area contributed by atoms with Gasteiger partial charge in [-0.1, -0.05) is 11.6 Å². The molecular weight excluding hydrogens is 214 g/mol. The third-order valence-corrected chi connectivity index (χ3v) is 2.88. The number of nitrogens with zero attached hydrogens (tertiary/aromatic N) is 1. The van der Waals surface area contributed by atoms with Crippen LogP contribution < -0.4 is 10.9 Å². The minimum atomic E-state index is -0.180. The Kier molecular flexibility index (Phi) is 2.82. The second-order valence-corrected chi connectivity index (χ2v) is 4.40. The molecule has 82 valence electrons. The molecule has 5 heteroatoms. The summed E-state index contributed by atoms with van der Waals surface area (Å²) in [6.45, 7) is 2.53. The van der Waals surface area contributed by atoms with Crippen LogP contribution in [-0.2, 0) is 0 Å². The van der Waals surface area contributed by atoms with E-state index in [1.807, 2.05) is 12.3 Å². The van der Waals surface area contributed by atoms with Crippen LogP contribution in [0.1, 0.15) is 13.3 Å². The largest absolute Gasteiger partial charge is 0.394 e. The van der Waals surface area contributed by atoms with Gasteiger partial charge in [0.05, 0.1) is 24.4 Å². The van der Waals surface area contributed by atoms with Gasteiger partial charge in [0.1, 0.15) is 0 Å². The summed E-state index contributed by atoms with van der Waals surface area (Å²) in [6, 6.07) is 0. The average molecular weight is 228 g/mol. The monoisotopic (exact) mass is 227 g/mol. The number of aliphatic hydroxyl groups is 1. The fourth-order valence-corrected chi connectivity index (χ4v) is 2.28. The Morgan fingerprint density at radius 3 is 3.20 bits per heavy atom. The van der Waals surface area contributed by atoms with Gasteiger partial charge in [-0.3, -0.25) is 4.99 Å². The fraction of sp³-hybridized carbons (Fsp3) is 0.500. The van der Waals surface area contributed by atoms with Crippen molar-refractivity contribution in [2.45, 2.75) is 18.9 Å². The van der Waals surface area contributed by atoms with Gasteiger partial charge in [0.25, 0.3) is 0 Å². The van der Waals surface area contributed by atoms with Crippen molar-refractivity contribution in [3.05, 3.63) is 22.9 Å². The first-order chi connectivity index (χ1) is 7.15. The smallest absolute Gasteiger partial charge is 0.0675 e. The lowest BCUT2D eigenvalue weighted by molar-refractivity contribution is 0.307. The zero-order valence-corrected chi connectivity index (χ0v) is 9.30. The summed E-state index contributed by atoms with van der Waals surface area (Å²) in [5.74, 6) is 0. The summed E-state index contributed by atoms with van der Waals surface area (Å²) in [6.07, 6.45) is 4.51. The van der Waals surface area contributed by atoms with Crippen molar-refractivity contribution in [2.75, 3.05) is 13.2 Å². The number of allylic oxidation sites excluding steroid dienone is 1. The summed E-state index contributed by atoms with van der Waals surface area (Å²) in [4.78, 5) is 4.30. The van der Waals surface area contributed by atoms with E-state index >= 15 is 0 Å². The zero-order chi connectivity index (χ0) is 10.9. The fourth-order valence-electron chi connectivity index (χ4n) is 1.91. The SMILES string of the molecule is CC12CC(Cl)=CC(=NCCO)C1=CNN2. The first-order valence-corrected chi connectivity index (χ1v) is 5.28. The van der Waals surface area contributed by atoms with Gasteiger partial charge in [-0.25, -0.2) is 5.43 Å². The van der Waals surface area contributed by atoms with Crippen LogP contribution in [0.25, 0.3) is 0 Å². The Hall–Kier alpha value is -0.840. The predicted molar refractivity (Wildman–Crippen MR) is 60.7 cm³/mol. The van der Waals surface area contributed by atoms with Gasteiger partial charge in [-0.2, -0.15) is 0 Å². The summed E-state index contributed by atoms with van der Waals surface area (Å²) in [5.41, 5.74) is 7.91. The van der Waals surface area contributed by atoms with Gasteiger partial charge in [0.15, 0.2) is 0 Å². The van der Waals surface area contributed by atoms with Gasteiger partial charge < -0.3 is 10.5 Å². The molecule has 1 aliphatic carbocycles. The number of aliphatic hydroxyl groups excluding tert-OH is 1. The number of nitrogens with one attached hydrogen (secondary N) is 2. The molecule has 0 amide bonds. The van der Waals surface area contributed by atoms with E-state index in [1.54, 1.807) is 0 Å². The molecule has 15 heavy (non-hydrogen) atoms. The van der Waals surface area contributed by atoms with Gasteiger partial charge >= 0.3 is 0 Å². The van der Waals surface area contributed by atoms with E-state index in [4.69, 9.17) is 16.7 Å². The van der Waals surface area contributed by atoms with Crippen molar-refractivity contribution in [1.29, 1.82) is 0 Å². The second-order valence-electron chi connectivity index (χ2n) is 3.92. The molecule has 1 heterocycles. The maximum atomic E-state index is 8.76. The van der Waals surface area contributed by atoms with E-state index in [2.05, 4.69) is 22.8 Å². The van der Waals surface area contributed by atoms with E-state index in [0.717, 1.165) is 22.7 Å². The molecule has 0 aromatic rings. The van der Waals surface area contributed by atoms with Gasteiger partial charge in [0.2, 0.25) is 0 Å². The summed E-state index contributed by atoms with van der Waals surface area (Å²) >= 11 is 6.07. The molecule has 0 saturated carbocycles. The molecule has 1 unspecified atom stereocenters. The van der Waals surface area contributed by atoms with Crippen LogP contribution in [0.2, 0.25) is 0 Å². The number of halogens is 1. The lowest BCUT2D eigenvalue weighted by atomic mass is 9.83. The third-order valence-electron chi connectivity index (χ3n) is 2.63. The number of aliphatic imine (C=N–C) groups is 1. The number of hydrogen-bond acceptors (Lipinski definition) is 4. The molecule has 0 bridgehead atoms. The lowest BCUT2D eigenvalue weighted by Crippen LogP contribution is -2.46. The van der Waals surface area contributed by atoms with Crippen LogP contribution in [-0.4, -0.2) is 29.5 Å². The molecule has 1 aliphatic heterocycles. The molecule has 1 atom stereocenters. The zero-order valence-electron chi connectivity index (χ0n) is 8.55. The first-order valence-electron chi connectivity index (χ1n) is 4.91. The number of fused-ring (bicyclic) bond motifs is 1. The highest BCUT2D eigenvalue weighted by atomic mass is 35.5. The summed E-state index contributed by atoms with van der Waals surface area (Å²) in [5, 5.41) is 9.54. The van der Waals surface area contributed by atoms with Crippen LogP contribution in [0, 0.1) is 0 Å². The average Bonchev–Trinajstić information content (AvgIpc) is 2.55. The highest BCUT2D eigenvalue weighted by Crippen LogP contribution is 2.34. The molecule has 0 saturated heterocycles. The van der Waals surface area contributed by atoms with Gasteiger partial charge in [-0.05, 0) is 13.0 Å². The van der Waals surface area contributed by atoms with E-state index in [0.29, 0.717) is 6.54 Å². The highest BCUT2D eigenvalue weighted by Gasteiger charge is 2.38. The van der Waals surface area contributed by atoms with E-state index in [-0.39, 0.29) is 12.1 Å². The number of hydrogen-bond donors (Lipinski definition) is 3. The van der Waals surface area contributed by atoms with Crippen LogP contribution in [0.15, 0.2) is 27.9 Å². The molecule has 0 aromatic carbocycles. The quantitative estimate of drug-likeness (QED) is 0.651. The van der Waals surface area contributed by atoms with Crippen LogP contribution >= 0.6 is 11.6 Å². The van der Waals surface area contributed by atoms with Crippen LogP contribution in [0.5, 0.6) is 0 Å². The third kappa shape index (κ3) is 1.93. The molecule has 2 aliphatic rings. The number of hydrazine groups is 1. The van der Waals surface area contributed by atoms with Crippen molar-refractivity contribution < 1.29 is 5.11 Å². The van der Waals surface area contributed by atoms with Gasteiger partial charge in [-0.15, -0.1) is 0 Å². The Morgan fingerprint density at radius 1 is 1.67 bits per heavy atom. The topological polar surface area (TPSA) is 56.7 Å². The minimum Gasteiger partial charge on any atom is -0.394 e. The standard InChI is InChI=1S/C10H14ClN3O/c1-10-5-7(11)4-9(12-2-3-15)8(10)6-13-14-10/h4,6,13-15H,2-3,5H2,1H3. The molecule has 0 radical (unpaired) electrons. The molecule has 0 spiro atoms. The first kappa shape index (κ1) is 10.7. The molecule has 4 nitrogen and oxygen atoms in total. The predicted octanol–water partition coefficient (Wildman–Crippen LogP) is 0.696. The van der Waals surface area contributed by atoms with Crippen molar-refractivity contribution in [3.63, 3.8) is 0 Å². The van der Waals surface area contributed by atoms with E-state index < -0.39 is 0 Å². The molecule has 0 aromatic heterocycles. The van der Waals surface area contributed by atoms with Crippen molar-refractivity contribution in [3.8, 4) is 0 Å². The molecule has 0 fully saturated rings. The molecule has 2 rings (SSSR count). The Balaban J connectivity index is 2.33. The van der Waals surface area contributed by atoms with Crippen molar-refractivity contribution in [2.24, 2.45) is 4.99 Å². The maximum Gasteiger partial charge on any atom is 0.0675 e. The Labute approximate surface area is 93.7 Å². The minimum absolute atomic E-state index is 0.0554. The lowest BCUT2D eigenvalue weighted by Gasteiger charge is -2.30. The van der Waals surface area contributed by atoms with Crippen LogP contribution in [0.4, 0.5) is 0 Å². The normalized spacial score (nSPS) is 32.1. The second kappa shape index (κ2) is 3.96. The highest BCUT2D eigenvalue weighted by molar-refractivity contribution is 6.33. The number of rotatable bonds is 2. The van der Waals surface area contributed by atoms with E-state index in [9.17, 15) is 0 Å². The van der Waals surface area contributed by atoms with Crippen molar-refractivity contribution in [1.82, 2.24) is 10.9 Å². The Bertz CT molecular complexity index is 362. The van der Waals surface area contributed by atoms with Crippen LogP contribution in [0.3, 0.4) is 0 Å². The summed E-state index contributed by atoms with van der Waals surface area (Å²) in [7, 11) is 0. The maximum absolute atomic E-state index is 8.76.